The van der Waals surface area contributed by atoms with E-state index in [-0.39, 0.29) is 6.10 Å². The minimum Gasteiger partial charge on any atom is -0.376 e. The first-order valence-corrected chi connectivity index (χ1v) is 8.93. The van der Waals surface area contributed by atoms with Gasteiger partial charge in [-0.1, -0.05) is 0 Å². The second-order valence-corrected chi connectivity index (χ2v) is 6.94. The molecule has 6 heteroatoms. The molecule has 2 aromatic heterocycles. The number of aromatic nitrogens is 3. The molecule has 1 saturated heterocycles. The molecule has 25 heavy (non-hydrogen) atoms. The van der Waals surface area contributed by atoms with Crippen LogP contribution >= 0.6 is 0 Å². The number of nitrogens with zero attached hydrogens (tertiary/aromatic N) is 4. The van der Waals surface area contributed by atoms with Crippen molar-refractivity contribution in [1.29, 1.82) is 0 Å². The van der Waals surface area contributed by atoms with Gasteiger partial charge in [-0.05, 0) is 48.9 Å². The smallest absolute Gasteiger partial charge is 0.225 e. The van der Waals surface area contributed by atoms with Crippen LogP contribution in [-0.4, -0.2) is 46.9 Å². The van der Waals surface area contributed by atoms with E-state index < -0.39 is 0 Å². The summed E-state index contributed by atoms with van der Waals surface area (Å²) < 4.78 is 11.9. The van der Waals surface area contributed by atoms with E-state index in [4.69, 9.17) is 9.47 Å². The average Bonchev–Trinajstić information content (AvgIpc) is 3.06. The van der Waals surface area contributed by atoms with Crippen molar-refractivity contribution in [3.8, 4) is 0 Å². The topological polar surface area (TPSA) is 60.4 Å². The van der Waals surface area contributed by atoms with Gasteiger partial charge in [-0.15, -0.1) is 0 Å². The van der Waals surface area contributed by atoms with E-state index in [2.05, 4.69) is 19.9 Å². The lowest BCUT2D eigenvalue weighted by Crippen LogP contribution is -2.49. The van der Waals surface area contributed by atoms with Crippen LogP contribution in [0.4, 0.5) is 5.95 Å². The quantitative estimate of drug-likeness (QED) is 0.833. The number of hydrogen-bond donors (Lipinski definition) is 0. The van der Waals surface area contributed by atoms with Gasteiger partial charge in [-0.25, -0.2) is 9.97 Å². The fourth-order valence-corrected chi connectivity index (χ4v) is 3.79. The Hall–Kier alpha value is -2.05. The van der Waals surface area contributed by atoms with E-state index in [1.165, 1.54) is 0 Å². The molecule has 0 spiro atoms. The zero-order valence-corrected chi connectivity index (χ0v) is 14.5. The second kappa shape index (κ2) is 7.45. The zero-order valence-electron chi connectivity index (χ0n) is 14.5. The predicted octanol–water partition coefficient (Wildman–Crippen LogP) is 2.38. The van der Waals surface area contributed by atoms with Crippen LogP contribution in [0.25, 0.3) is 0 Å². The summed E-state index contributed by atoms with van der Waals surface area (Å²) in [5.74, 6) is 1.34. The summed E-state index contributed by atoms with van der Waals surface area (Å²) in [6.45, 7) is 5.01. The van der Waals surface area contributed by atoms with Gasteiger partial charge < -0.3 is 14.4 Å². The van der Waals surface area contributed by atoms with Gasteiger partial charge in [-0.2, -0.15) is 0 Å². The number of rotatable bonds is 5. The van der Waals surface area contributed by atoms with Crippen molar-refractivity contribution in [1.82, 2.24) is 15.0 Å². The fourth-order valence-electron chi connectivity index (χ4n) is 3.79. The van der Waals surface area contributed by atoms with Gasteiger partial charge in [0.1, 0.15) is 0 Å². The van der Waals surface area contributed by atoms with Gasteiger partial charge in [0.25, 0.3) is 0 Å². The molecule has 2 fully saturated rings. The molecule has 1 aliphatic heterocycles. The van der Waals surface area contributed by atoms with E-state index >= 15 is 0 Å². The van der Waals surface area contributed by atoms with Crippen molar-refractivity contribution in [2.24, 2.45) is 5.92 Å². The number of hydrogen-bond acceptors (Lipinski definition) is 6. The third-order valence-electron chi connectivity index (χ3n) is 5.03. The van der Waals surface area contributed by atoms with Gasteiger partial charge in [0.2, 0.25) is 5.95 Å². The first-order chi connectivity index (χ1) is 12.3. The Morgan fingerprint density at radius 1 is 1.20 bits per heavy atom. The number of morpholine rings is 1. The highest BCUT2D eigenvalue weighted by Gasteiger charge is 2.42. The standard InChI is InChI=1S/C19H24N4O2/c1-14-10-21-19(22-11-14)23-6-7-25-18-9-16(8-17(18)23)13-24-12-15-2-4-20-5-3-15/h2-5,10-11,16-18H,6-9,12-13H2,1H3/t16?,17-,18-/m0/s1. The van der Waals surface area contributed by atoms with Crippen molar-refractivity contribution in [3.63, 3.8) is 0 Å². The van der Waals surface area contributed by atoms with Crippen LogP contribution < -0.4 is 4.90 Å². The Morgan fingerprint density at radius 2 is 2.00 bits per heavy atom. The molecule has 0 radical (unpaired) electrons. The number of anilines is 1. The van der Waals surface area contributed by atoms with Crippen LogP contribution in [0.3, 0.4) is 0 Å². The van der Waals surface area contributed by atoms with Gasteiger partial charge in [0, 0.05) is 31.3 Å². The van der Waals surface area contributed by atoms with Crippen molar-refractivity contribution < 1.29 is 9.47 Å². The predicted molar refractivity (Wildman–Crippen MR) is 94.3 cm³/mol. The van der Waals surface area contributed by atoms with E-state index in [0.717, 1.165) is 49.7 Å². The lowest BCUT2D eigenvalue weighted by Gasteiger charge is -2.37. The fraction of sp³-hybridized carbons (Fsp3) is 0.526. The monoisotopic (exact) mass is 340 g/mol. The van der Waals surface area contributed by atoms with Crippen LogP contribution in [0.5, 0.6) is 0 Å². The molecule has 4 rings (SSSR count). The Morgan fingerprint density at radius 3 is 2.80 bits per heavy atom. The van der Waals surface area contributed by atoms with Crippen LogP contribution in [0, 0.1) is 12.8 Å². The minimum absolute atomic E-state index is 0.258. The van der Waals surface area contributed by atoms with Gasteiger partial charge >= 0.3 is 0 Å². The Balaban J connectivity index is 1.35. The molecule has 3 atom stereocenters. The largest absolute Gasteiger partial charge is 0.376 e. The van der Waals surface area contributed by atoms with Gasteiger partial charge in [-0.3, -0.25) is 4.98 Å². The second-order valence-electron chi connectivity index (χ2n) is 6.94. The lowest BCUT2D eigenvalue weighted by molar-refractivity contribution is 0.0200. The molecule has 1 aliphatic carbocycles. The van der Waals surface area contributed by atoms with E-state index in [1.807, 2.05) is 31.5 Å². The molecule has 6 nitrogen and oxygen atoms in total. The van der Waals surface area contributed by atoms with Crippen molar-refractivity contribution in [3.05, 3.63) is 48.0 Å². The highest BCUT2D eigenvalue weighted by Crippen LogP contribution is 2.35. The SMILES string of the molecule is Cc1cnc(N2CCO[C@H]3CC(COCc4ccncc4)C[C@@H]32)nc1. The molecule has 1 unspecified atom stereocenters. The molecule has 0 amide bonds. The Bertz CT molecular complexity index is 680. The molecular weight excluding hydrogens is 316 g/mol. The highest BCUT2D eigenvalue weighted by molar-refractivity contribution is 5.34. The van der Waals surface area contributed by atoms with E-state index in [0.29, 0.717) is 18.6 Å². The maximum absolute atomic E-state index is 6.01. The van der Waals surface area contributed by atoms with E-state index in [1.54, 1.807) is 12.4 Å². The molecular formula is C19H24N4O2. The van der Waals surface area contributed by atoms with Gasteiger partial charge in [0.05, 0.1) is 32.0 Å². The molecule has 132 valence electrons. The Labute approximate surface area is 148 Å². The first kappa shape index (κ1) is 16.4. The zero-order chi connectivity index (χ0) is 17.1. The molecule has 0 N–H and O–H groups in total. The third kappa shape index (κ3) is 3.80. The normalized spacial score (nSPS) is 25.8. The average molecular weight is 340 g/mol. The number of ether oxygens (including phenoxy) is 2. The summed E-state index contributed by atoms with van der Waals surface area (Å²) in [4.78, 5) is 15.4. The summed E-state index contributed by atoms with van der Waals surface area (Å²) >= 11 is 0. The summed E-state index contributed by atoms with van der Waals surface area (Å²) in [6.07, 6.45) is 9.75. The minimum atomic E-state index is 0.258. The summed E-state index contributed by atoms with van der Waals surface area (Å²) in [6, 6.07) is 4.34. The molecule has 2 aromatic rings. The molecule has 3 heterocycles. The number of aryl methyl sites for hydroxylation is 1. The van der Waals surface area contributed by atoms with Crippen LogP contribution in [0.2, 0.25) is 0 Å². The molecule has 0 bridgehead atoms. The van der Waals surface area contributed by atoms with Crippen LogP contribution in [0.1, 0.15) is 24.0 Å². The van der Waals surface area contributed by atoms with Crippen LogP contribution in [-0.2, 0) is 16.1 Å². The summed E-state index contributed by atoms with van der Waals surface area (Å²) in [5, 5.41) is 0. The Kier molecular flexibility index (Phi) is 4.90. The number of fused-ring (bicyclic) bond motifs is 1. The van der Waals surface area contributed by atoms with Crippen LogP contribution in [0.15, 0.2) is 36.9 Å². The van der Waals surface area contributed by atoms with Crippen molar-refractivity contribution in [2.75, 3.05) is 24.7 Å². The third-order valence-corrected chi connectivity index (χ3v) is 5.03. The molecule has 0 aromatic carbocycles. The molecule has 1 saturated carbocycles. The first-order valence-electron chi connectivity index (χ1n) is 8.93. The summed E-state index contributed by atoms with van der Waals surface area (Å²) in [5.41, 5.74) is 2.25. The maximum atomic E-state index is 6.01. The number of pyridine rings is 1. The maximum Gasteiger partial charge on any atom is 0.225 e. The molecule has 2 aliphatic rings. The van der Waals surface area contributed by atoms with E-state index in [9.17, 15) is 0 Å². The van der Waals surface area contributed by atoms with Crippen molar-refractivity contribution >= 4 is 5.95 Å². The lowest BCUT2D eigenvalue weighted by atomic mass is 10.1. The van der Waals surface area contributed by atoms with Gasteiger partial charge in [0.15, 0.2) is 0 Å². The van der Waals surface area contributed by atoms with Crippen molar-refractivity contribution in [2.45, 2.75) is 38.5 Å². The highest BCUT2D eigenvalue weighted by atomic mass is 16.5. The summed E-state index contributed by atoms with van der Waals surface area (Å²) in [7, 11) is 0.